The summed E-state index contributed by atoms with van der Waals surface area (Å²) >= 11 is 0. The average Bonchev–Trinajstić information content (AvgIpc) is 2.80. The van der Waals surface area contributed by atoms with Gasteiger partial charge in [-0.3, -0.25) is 0 Å². The van der Waals surface area contributed by atoms with Crippen molar-refractivity contribution in [3.63, 3.8) is 0 Å². The van der Waals surface area contributed by atoms with Crippen LogP contribution in [0.15, 0.2) is 103 Å². The predicted molar refractivity (Wildman–Crippen MR) is 114 cm³/mol. The topological polar surface area (TPSA) is 38.7 Å². The third kappa shape index (κ3) is 3.14. The minimum absolute atomic E-state index is 0.683. The Kier molecular flexibility index (Phi) is 4.11. The summed E-state index contributed by atoms with van der Waals surface area (Å²) in [5.74, 6) is 1.37. The molecule has 5 aromatic rings. The standard InChI is InChI=1S/C25H17N3/c1-3-7-18(8-4-1)20-11-12-22-16-23(14-13-21(22)15-20)25-27-17-26-24(28-25)19-9-5-2-6-10-19/h1-17H. The Morgan fingerprint density at radius 2 is 0.964 bits per heavy atom. The highest BCUT2D eigenvalue weighted by Gasteiger charge is 2.07. The first-order valence-electron chi connectivity index (χ1n) is 9.21. The van der Waals surface area contributed by atoms with E-state index in [1.54, 1.807) is 6.33 Å². The molecule has 28 heavy (non-hydrogen) atoms. The molecule has 0 amide bonds. The van der Waals surface area contributed by atoms with E-state index in [2.05, 4.69) is 75.6 Å². The van der Waals surface area contributed by atoms with Gasteiger partial charge in [0.15, 0.2) is 11.6 Å². The number of hydrogen-bond acceptors (Lipinski definition) is 3. The van der Waals surface area contributed by atoms with Gasteiger partial charge in [-0.05, 0) is 34.0 Å². The average molecular weight is 359 g/mol. The fourth-order valence-corrected chi connectivity index (χ4v) is 3.36. The van der Waals surface area contributed by atoms with Crippen molar-refractivity contribution in [1.29, 1.82) is 0 Å². The van der Waals surface area contributed by atoms with Crippen LogP contribution >= 0.6 is 0 Å². The molecule has 0 radical (unpaired) electrons. The summed E-state index contributed by atoms with van der Waals surface area (Å²) in [5, 5.41) is 2.36. The zero-order valence-electron chi connectivity index (χ0n) is 15.2. The molecule has 0 atom stereocenters. The van der Waals surface area contributed by atoms with E-state index in [0.29, 0.717) is 11.6 Å². The van der Waals surface area contributed by atoms with Crippen molar-refractivity contribution in [2.75, 3.05) is 0 Å². The SMILES string of the molecule is c1ccc(-c2ccc3cc(-c4ncnc(-c5ccccc5)n4)ccc3c2)cc1. The summed E-state index contributed by atoms with van der Waals surface area (Å²) in [5.41, 5.74) is 4.41. The Labute approximate surface area is 163 Å². The first kappa shape index (κ1) is 16.3. The monoisotopic (exact) mass is 359 g/mol. The molecule has 4 aromatic carbocycles. The smallest absolute Gasteiger partial charge is 0.163 e. The van der Waals surface area contributed by atoms with Gasteiger partial charge in [-0.2, -0.15) is 0 Å². The first-order chi connectivity index (χ1) is 13.9. The third-order valence-corrected chi connectivity index (χ3v) is 4.81. The molecule has 0 N–H and O–H groups in total. The number of fused-ring (bicyclic) bond motifs is 1. The molecule has 0 saturated carbocycles. The molecule has 0 aliphatic heterocycles. The lowest BCUT2D eigenvalue weighted by Gasteiger charge is -2.07. The van der Waals surface area contributed by atoms with Crippen LogP contribution in [0, 0.1) is 0 Å². The van der Waals surface area contributed by atoms with Crippen LogP contribution in [0.25, 0.3) is 44.7 Å². The van der Waals surface area contributed by atoms with Crippen LogP contribution in [-0.2, 0) is 0 Å². The maximum absolute atomic E-state index is 4.66. The molecule has 3 nitrogen and oxygen atoms in total. The van der Waals surface area contributed by atoms with Crippen molar-refractivity contribution in [3.8, 4) is 33.9 Å². The Balaban J connectivity index is 1.54. The molecule has 1 heterocycles. The summed E-state index contributed by atoms with van der Waals surface area (Å²) in [4.78, 5) is 13.4. The van der Waals surface area contributed by atoms with Gasteiger partial charge in [0.05, 0.1) is 0 Å². The number of nitrogens with zero attached hydrogens (tertiary/aromatic N) is 3. The van der Waals surface area contributed by atoms with Gasteiger partial charge in [-0.15, -0.1) is 0 Å². The molecule has 0 saturated heterocycles. The number of rotatable bonds is 3. The second-order valence-electron chi connectivity index (χ2n) is 6.64. The molecular weight excluding hydrogens is 342 g/mol. The summed E-state index contributed by atoms with van der Waals surface area (Å²) in [7, 11) is 0. The van der Waals surface area contributed by atoms with Crippen molar-refractivity contribution >= 4 is 10.8 Å². The van der Waals surface area contributed by atoms with Gasteiger partial charge in [-0.25, -0.2) is 15.0 Å². The van der Waals surface area contributed by atoms with E-state index in [-0.39, 0.29) is 0 Å². The van der Waals surface area contributed by atoms with Crippen molar-refractivity contribution in [1.82, 2.24) is 15.0 Å². The number of aromatic nitrogens is 3. The maximum atomic E-state index is 4.66. The Morgan fingerprint density at radius 1 is 0.429 bits per heavy atom. The zero-order chi connectivity index (χ0) is 18.8. The van der Waals surface area contributed by atoms with Crippen molar-refractivity contribution < 1.29 is 0 Å². The van der Waals surface area contributed by atoms with Gasteiger partial charge in [0.2, 0.25) is 0 Å². The van der Waals surface area contributed by atoms with Crippen LogP contribution < -0.4 is 0 Å². The minimum atomic E-state index is 0.683. The second-order valence-corrected chi connectivity index (χ2v) is 6.64. The van der Waals surface area contributed by atoms with Crippen LogP contribution in [-0.4, -0.2) is 15.0 Å². The van der Waals surface area contributed by atoms with Crippen molar-refractivity contribution in [2.24, 2.45) is 0 Å². The van der Waals surface area contributed by atoms with Gasteiger partial charge >= 0.3 is 0 Å². The molecule has 5 rings (SSSR count). The number of hydrogen-bond donors (Lipinski definition) is 0. The normalized spacial score (nSPS) is 10.9. The number of benzene rings is 4. The highest BCUT2D eigenvalue weighted by atomic mass is 15.0. The molecule has 0 spiro atoms. The molecule has 1 aromatic heterocycles. The molecular formula is C25H17N3. The molecule has 3 heteroatoms. The zero-order valence-corrected chi connectivity index (χ0v) is 15.2. The van der Waals surface area contributed by atoms with E-state index >= 15 is 0 Å². The molecule has 0 aliphatic rings. The lowest BCUT2D eigenvalue weighted by Crippen LogP contribution is -1.95. The van der Waals surface area contributed by atoms with E-state index in [1.165, 1.54) is 21.9 Å². The van der Waals surface area contributed by atoms with Gasteiger partial charge < -0.3 is 0 Å². The van der Waals surface area contributed by atoms with Crippen LogP contribution in [0.5, 0.6) is 0 Å². The fraction of sp³-hybridized carbons (Fsp3) is 0. The summed E-state index contributed by atoms with van der Waals surface area (Å²) in [6, 6.07) is 33.3. The summed E-state index contributed by atoms with van der Waals surface area (Å²) < 4.78 is 0. The van der Waals surface area contributed by atoms with Gasteiger partial charge in [0.1, 0.15) is 6.33 Å². The first-order valence-corrected chi connectivity index (χ1v) is 9.21. The van der Waals surface area contributed by atoms with Gasteiger partial charge in [-0.1, -0.05) is 84.9 Å². The van der Waals surface area contributed by atoms with Crippen LogP contribution in [0.3, 0.4) is 0 Å². The van der Waals surface area contributed by atoms with E-state index in [4.69, 9.17) is 0 Å². The van der Waals surface area contributed by atoms with Gasteiger partial charge in [0.25, 0.3) is 0 Å². The van der Waals surface area contributed by atoms with E-state index in [9.17, 15) is 0 Å². The van der Waals surface area contributed by atoms with Gasteiger partial charge in [0, 0.05) is 11.1 Å². The fourth-order valence-electron chi connectivity index (χ4n) is 3.36. The van der Waals surface area contributed by atoms with Crippen LogP contribution in [0.2, 0.25) is 0 Å². The maximum Gasteiger partial charge on any atom is 0.163 e. The third-order valence-electron chi connectivity index (χ3n) is 4.81. The lowest BCUT2D eigenvalue weighted by atomic mass is 10.00. The quantitative estimate of drug-likeness (QED) is 0.395. The van der Waals surface area contributed by atoms with Crippen molar-refractivity contribution in [2.45, 2.75) is 0 Å². The Morgan fingerprint density at radius 3 is 1.64 bits per heavy atom. The van der Waals surface area contributed by atoms with Crippen molar-refractivity contribution in [3.05, 3.63) is 103 Å². The highest BCUT2D eigenvalue weighted by Crippen LogP contribution is 2.27. The largest absolute Gasteiger partial charge is 0.217 e. The second kappa shape index (κ2) is 7.05. The molecule has 0 aliphatic carbocycles. The predicted octanol–water partition coefficient (Wildman–Crippen LogP) is 6.03. The molecule has 0 unspecified atom stereocenters. The van der Waals surface area contributed by atoms with E-state index < -0.39 is 0 Å². The highest BCUT2D eigenvalue weighted by molar-refractivity contribution is 5.90. The minimum Gasteiger partial charge on any atom is -0.217 e. The van der Waals surface area contributed by atoms with E-state index in [0.717, 1.165) is 11.1 Å². The Bertz CT molecular complexity index is 1250. The lowest BCUT2D eigenvalue weighted by molar-refractivity contribution is 1.07. The molecule has 0 bridgehead atoms. The molecule has 132 valence electrons. The van der Waals surface area contributed by atoms with E-state index in [1.807, 2.05) is 36.4 Å². The Hall–Kier alpha value is -3.85. The summed E-state index contributed by atoms with van der Waals surface area (Å²) in [6.45, 7) is 0. The van der Waals surface area contributed by atoms with Crippen LogP contribution in [0.1, 0.15) is 0 Å². The van der Waals surface area contributed by atoms with Crippen LogP contribution in [0.4, 0.5) is 0 Å². The molecule has 0 fully saturated rings. The summed E-state index contributed by atoms with van der Waals surface area (Å²) in [6.07, 6.45) is 1.58.